The Bertz CT molecular complexity index is 227. The number of nitrogens with zero attached hydrogens (tertiary/aromatic N) is 1. The van der Waals surface area contributed by atoms with Crippen LogP contribution in [-0.2, 0) is 0 Å². The van der Waals surface area contributed by atoms with Crippen LogP contribution in [-0.4, -0.2) is 22.5 Å². The van der Waals surface area contributed by atoms with Crippen molar-refractivity contribution in [3.63, 3.8) is 0 Å². The van der Waals surface area contributed by atoms with Crippen LogP contribution < -0.4 is 0 Å². The summed E-state index contributed by atoms with van der Waals surface area (Å²) in [4.78, 5) is 3.59. The summed E-state index contributed by atoms with van der Waals surface area (Å²) in [5.41, 5.74) is 0.451. The lowest BCUT2D eigenvalue weighted by molar-refractivity contribution is 0.199. The number of likely N-dealkylation sites (tertiary alicyclic amines) is 1. The Labute approximate surface area is 100 Å². The lowest BCUT2D eigenvalue weighted by atomic mass is 9.81. The average Bonchev–Trinajstić information content (AvgIpc) is 2.05. The second-order valence-corrected chi connectivity index (χ2v) is 6.78. The third-order valence-corrected chi connectivity index (χ3v) is 3.50. The first-order valence-electron chi connectivity index (χ1n) is 6.09. The zero-order chi connectivity index (χ0) is 11.6. The number of hydrogen-bond acceptors (Lipinski definition) is 1. The van der Waals surface area contributed by atoms with Gasteiger partial charge >= 0.3 is 0 Å². The summed E-state index contributed by atoms with van der Waals surface area (Å²) in [7, 11) is 0. The fraction of sp³-hybridized carbons (Fsp3) is 0.923. The molecule has 0 aliphatic carbocycles. The molecular formula is C13H25NS. The lowest BCUT2D eigenvalue weighted by Crippen LogP contribution is -2.43. The van der Waals surface area contributed by atoms with E-state index in [9.17, 15) is 0 Å². The van der Waals surface area contributed by atoms with Gasteiger partial charge in [0.2, 0.25) is 0 Å². The van der Waals surface area contributed by atoms with Crippen LogP contribution in [0.15, 0.2) is 0 Å². The van der Waals surface area contributed by atoms with Crippen LogP contribution in [0.2, 0.25) is 0 Å². The minimum absolute atomic E-state index is 0.451. The highest BCUT2D eigenvalue weighted by atomic mass is 32.1. The summed E-state index contributed by atoms with van der Waals surface area (Å²) in [6.45, 7) is 12.7. The SMILES string of the molecule is CC(C)N1CC(CC(C)(C)C)CCC1=S. The van der Waals surface area contributed by atoms with E-state index in [1.165, 1.54) is 24.4 Å². The van der Waals surface area contributed by atoms with Crippen molar-refractivity contribution in [2.75, 3.05) is 6.54 Å². The van der Waals surface area contributed by atoms with Crippen LogP contribution in [0.25, 0.3) is 0 Å². The van der Waals surface area contributed by atoms with Crippen molar-refractivity contribution >= 4 is 17.2 Å². The maximum atomic E-state index is 5.42. The molecule has 0 radical (unpaired) electrons. The summed E-state index contributed by atoms with van der Waals surface area (Å²) in [6.07, 6.45) is 3.73. The third kappa shape index (κ3) is 4.10. The zero-order valence-electron chi connectivity index (χ0n) is 10.8. The highest BCUT2D eigenvalue weighted by Crippen LogP contribution is 2.31. The molecule has 0 amide bonds. The van der Waals surface area contributed by atoms with Gasteiger partial charge < -0.3 is 4.90 Å². The quantitative estimate of drug-likeness (QED) is 0.659. The molecule has 1 heterocycles. The van der Waals surface area contributed by atoms with Crippen LogP contribution in [0.1, 0.15) is 53.9 Å². The summed E-state index contributed by atoms with van der Waals surface area (Å²) < 4.78 is 0. The van der Waals surface area contributed by atoms with Gasteiger partial charge in [-0.05, 0) is 44.4 Å². The molecule has 15 heavy (non-hydrogen) atoms. The number of hydrogen-bond donors (Lipinski definition) is 0. The minimum Gasteiger partial charge on any atom is -0.363 e. The van der Waals surface area contributed by atoms with E-state index >= 15 is 0 Å². The molecule has 1 rings (SSSR count). The van der Waals surface area contributed by atoms with Crippen molar-refractivity contribution < 1.29 is 0 Å². The van der Waals surface area contributed by atoms with Gasteiger partial charge in [0.05, 0.1) is 4.99 Å². The first-order valence-corrected chi connectivity index (χ1v) is 6.50. The lowest BCUT2D eigenvalue weighted by Gasteiger charge is -2.39. The van der Waals surface area contributed by atoms with Crippen molar-refractivity contribution in [1.29, 1.82) is 0 Å². The molecule has 0 N–H and O–H groups in total. The largest absolute Gasteiger partial charge is 0.363 e. The molecule has 1 aliphatic heterocycles. The second kappa shape index (κ2) is 4.82. The predicted octanol–water partition coefficient (Wildman–Crippen LogP) is 3.87. The van der Waals surface area contributed by atoms with Gasteiger partial charge in [0.15, 0.2) is 0 Å². The summed E-state index contributed by atoms with van der Waals surface area (Å²) in [5, 5.41) is 0. The fourth-order valence-corrected chi connectivity index (χ4v) is 2.88. The highest BCUT2D eigenvalue weighted by Gasteiger charge is 2.27. The number of thiocarbonyl (C=S) groups is 1. The smallest absolute Gasteiger partial charge is 0.0781 e. The minimum atomic E-state index is 0.451. The van der Waals surface area contributed by atoms with Crippen LogP contribution in [0.4, 0.5) is 0 Å². The monoisotopic (exact) mass is 227 g/mol. The van der Waals surface area contributed by atoms with E-state index in [2.05, 4.69) is 39.5 Å². The molecule has 2 heteroatoms. The molecule has 1 saturated heterocycles. The molecule has 1 atom stereocenters. The molecule has 0 spiro atoms. The average molecular weight is 227 g/mol. The summed E-state index contributed by atoms with van der Waals surface area (Å²) >= 11 is 5.42. The molecule has 0 bridgehead atoms. The fourth-order valence-electron chi connectivity index (χ4n) is 2.47. The maximum Gasteiger partial charge on any atom is 0.0781 e. The summed E-state index contributed by atoms with van der Waals surface area (Å²) in [6, 6.07) is 0.570. The van der Waals surface area contributed by atoms with Gasteiger partial charge in [0.25, 0.3) is 0 Å². The highest BCUT2D eigenvalue weighted by molar-refractivity contribution is 7.80. The molecule has 0 aromatic rings. The molecule has 1 unspecified atom stereocenters. The Morgan fingerprint density at radius 2 is 2.00 bits per heavy atom. The van der Waals surface area contributed by atoms with E-state index in [-0.39, 0.29) is 0 Å². The standard InChI is InChI=1S/C13H25NS/c1-10(2)14-9-11(6-7-12(14)15)8-13(3,4)5/h10-11H,6-9H2,1-5H3. The molecule has 0 aromatic carbocycles. The van der Waals surface area contributed by atoms with Gasteiger partial charge in [0, 0.05) is 12.6 Å². The molecule has 0 aromatic heterocycles. The van der Waals surface area contributed by atoms with Crippen LogP contribution in [0.5, 0.6) is 0 Å². The van der Waals surface area contributed by atoms with Crippen molar-refractivity contribution in [1.82, 2.24) is 4.90 Å². The summed E-state index contributed by atoms with van der Waals surface area (Å²) in [5.74, 6) is 0.832. The van der Waals surface area contributed by atoms with E-state index in [1.807, 2.05) is 0 Å². The van der Waals surface area contributed by atoms with Crippen LogP contribution in [0, 0.1) is 11.3 Å². The van der Waals surface area contributed by atoms with E-state index in [0.717, 1.165) is 12.3 Å². The second-order valence-electron chi connectivity index (χ2n) is 6.31. The Kier molecular flexibility index (Phi) is 4.16. The van der Waals surface area contributed by atoms with E-state index < -0.39 is 0 Å². The van der Waals surface area contributed by atoms with Gasteiger partial charge in [-0.2, -0.15) is 0 Å². The van der Waals surface area contributed by atoms with E-state index in [4.69, 9.17) is 12.2 Å². The van der Waals surface area contributed by atoms with Gasteiger partial charge in [0.1, 0.15) is 0 Å². The Balaban J connectivity index is 2.54. The van der Waals surface area contributed by atoms with Crippen LogP contribution in [0.3, 0.4) is 0 Å². The Morgan fingerprint density at radius 1 is 1.40 bits per heavy atom. The van der Waals surface area contributed by atoms with Crippen molar-refractivity contribution in [3.8, 4) is 0 Å². The molecule has 0 saturated carbocycles. The first kappa shape index (κ1) is 13.0. The van der Waals surface area contributed by atoms with Gasteiger partial charge in [-0.1, -0.05) is 33.0 Å². The maximum absolute atomic E-state index is 5.42. The van der Waals surface area contributed by atoms with Gasteiger partial charge in [-0.15, -0.1) is 0 Å². The van der Waals surface area contributed by atoms with Crippen molar-refractivity contribution in [2.24, 2.45) is 11.3 Å². The topological polar surface area (TPSA) is 3.24 Å². The first-order chi connectivity index (χ1) is 6.79. The zero-order valence-corrected chi connectivity index (χ0v) is 11.7. The van der Waals surface area contributed by atoms with Gasteiger partial charge in [-0.25, -0.2) is 0 Å². The number of piperidine rings is 1. The number of rotatable bonds is 2. The van der Waals surface area contributed by atoms with Crippen molar-refractivity contribution in [3.05, 3.63) is 0 Å². The molecule has 1 nitrogen and oxygen atoms in total. The Hall–Kier alpha value is -0.110. The Morgan fingerprint density at radius 3 is 2.47 bits per heavy atom. The van der Waals surface area contributed by atoms with Crippen LogP contribution >= 0.6 is 12.2 Å². The van der Waals surface area contributed by atoms with Gasteiger partial charge in [-0.3, -0.25) is 0 Å². The molecule has 88 valence electrons. The van der Waals surface area contributed by atoms with E-state index in [0.29, 0.717) is 11.5 Å². The molecule has 1 aliphatic rings. The van der Waals surface area contributed by atoms with Crippen molar-refractivity contribution in [2.45, 2.75) is 59.9 Å². The molecular weight excluding hydrogens is 202 g/mol. The predicted molar refractivity (Wildman–Crippen MR) is 71.2 cm³/mol. The molecule has 1 fully saturated rings. The normalized spacial score (nSPS) is 23.7. The van der Waals surface area contributed by atoms with E-state index in [1.54, 1.807) is 0 Å². The third-order valence-electron chi connectivity index (χ3n) is 3.07.